The minimum absolute atomic E-state index is 0.0630. The van der Waals surface area contributed by atoms with Crippen molar-refractivity contribution >= 4 is 44.0 Å². The third-order valence-electron chi connectivity index (χ3n) is 5.04. The van der Waals surface area contributed by atoms with Crippen LogP contribution in [0.1, 0.15) is 15.9 Å². The number of nitrogens with one attached hydrogen (secondary N) is 1. The molecular weight excluding hydrogens is 438 g/mol. The number of rotatable bonds is 8. The molecule has 4 aromatic rings. The minimum atomic E-state index is -3.16. The molecule has 0 heterocycles. The number of carbonyl (C=O) groups is 1. The summed E-state index contributed by atoms with van der Waals surface area (Å²) in [5.41, 5.74) is 2.14. The van der Waals surface area contributed by atoms with Crippen LogP contribution in [0.2, 0.25) is 0 Å². The first-order chi connectivity index (χ1) is 15.5. The van der Waals surface area contributed by atoms with Crippen molar-refractivity contribution in [1.29, 1.82) is 0 Å². The molecule has 0 aromatic heterocycles. The molecule has 0 atom stereocenters. The Morgan fingerprint density at radius 1 is 0.781 bits per heavy atom. The van der Waals surface area contributed by atoms with E-state index in [1.165, 1.54) is 11.8 Å². The van der Waals surface area contributed by atoms with E-state index in [9.17, 15) is 13.2 Å². The van der Waals surface area contributed by atoms with Crippen LogP contribution in [0.4, 0.5) is 5.69 Å². The number of thioether (sulfide) groups is 1. The molecule has 0 aliphatic carbocycles. The smallest absolute Gasteiger partial charge is 0.256 e. The summed E-state index contributed by atoms with van der Waals surface area (Å²) in [6.07, 6.45) is 0. The van der Waals surface area contributed by atoms with Gasteiger partial charge in [0.25, 0.3) is 5.91 Å². The van der Waals surface area contributed by atoms with Crippen LogP contribution >= 0.6 is 11.8 Å². The first kappa shape index (κ1) is 22.1. The molecule has 0 saturated carbocycles. The van der Waals surface area contributed by atoms with Gasteiger partial charge in [0.2, 0.25) is 0 Å². The second kappa shape index (κ2) is 10.0. The normalized spacial score (nSPS) is 11.4. The number of hydrogen-bond donors (Lipinski definition) is 1. The Balaban J connectivity index is 1.33. The van der Waals surface area contributed by atoms with E-state index in [1.807, 2.05) is 97.1 Å². The van der Waals surface area contributed by atoms with Gasteiger partial charge in [-0.2, -0.15) is 0 Å². The molecule has 0 radical (unpaired) electrons. The monoisotopic (exact) mass is 461 g/mol. The molecular formula is C26H23NO3S2. The van der Waals surface area contributed by atoms with Gasteiger partial charge in [0.05, 0.1) is 11.5 Å². The van der Waals surface area contributed by atoms with Crippen LogP contribution in [0.25, 0.3) is 10.8 Å². The highest BCUT2D eigenvalue weighted by Crippen LogP contribution is 2.23. The van der Waals surface area contributed by atoms with E-state index in [4.69, 9.17) is 0 Å². The first-order valence-electron chi connectivity index (χ1n) is 10.3. The summed E-state index contributed by atoms with van der Waals surface area (Å²) in [6, 6.07) is 30.2. The van der Waals surface area contributed by atoms with Crippen LogP contribution in [-0.4, -0.2) is 25.8 Å². The van der Waals surface area contributed by atoms with Crippen molar-refractivity contribution in [1.82, 2.24) is 0 Å². The van der Waals surface area contributed by atoms with Gasteiger partial charge in [0.15, 0.2) is 9.84 Å². The van der Waals surface area contributed by atoms with E-state index in [0.717, 1.165) is 21.2 Å². The maximum Gasteiger partial charge on any atom is 0.256 e. The maximum absolute atomic E-state index is 12.8. The van der Waals surface area contributed by atoms with Crippen molar-refractivity contribution in [3.8, 4) is 0 Å². The largest absolute Gasteiger partial charge is 0.322 e. The molecule has 0 aliphatic heterocycles. The van der Waals surface area contributed by atoms with E-state index in [2.05, 4.69) is 5.32 Å². The molecule has 4 nitrogen and oxygen atoms in total. The average Bonchev–Trinajstić information content (AvgIpc) is 2.80. The van der Waals surface area contributed by atoms with Crippen molar-refractivity contribution < 1.29 is 13.2 Å². The van der Waals surface area contributed by atoms with Crippen LogP contribution in [0.15, 0.2) is 102 Å². The minimum Gasteiger partial charge on any atom is -0.322 e. The van der Waals surface area contributed by atoms with Gasteiger partial charge >= 0.3 is 0 Å². The Kier molecular flexibility index (Phi) is 6.93. The van der Waals surface area contributed by atoms with Gasteiger partial charge in [-0.05, 0) is 46.7 Å². The lowest BCUT2D eigenvalue weighted by molar-refractivity contribution is 0.102. The van der Waals surface area contributed by atoms with Gasteiger partial charge < -0.3 is 5.32 Å². The van der Waals surface area contributed by atoms with Gasteiger partial charge in [-0.3, -0.25) is 4.79 Å². The second-order valence-corrected chi connectivity index (χ2v) is 10.8. The molecule has 0 fully saturated rings. The number of sulfone groups is 1. The van der Waals surface area contributed by atoms with Gasteiger partial charge in [-0.1, -0.05) is 66.7 Å². The third-order valence-corrected chi connectivity index (χ3v) is 7.91. The maximum atomic E-state index is 12.8. The summed E-state index contributed by atoms with van der Waals surface area (Å²) in [7, 11) is -3.16. The molecule has 6 heteroatoms. The van der Waals surface area contributed by atoms with E-state index in [1.54, 1.807) is 0 Å². The summed E-state index contributed by atoms with van der Waals surface area (Å²) in [5.74, 6) is 0.505. The van der Waals surface area contributed by atoms with Gasteiger partial charge in [0.1, 0.15) is 0 Å². The molecule has 0 unspecified atom stereocenters. The molecule has 4 rings (SSSR count). The summed E-state index contributed by atoms with van der Waals surface area (Å²) in [5, 5.41) is 4.88. The Labute approximate surface area is 192 Å². The van der Waals surface area contributed by atoms with Crippen LogP contribution in [0.5, 0.6) is 0 Å². The number of hydrogen-bond acceptors (Lipinski definition) is 4. The molecule has 0 saturated heterocycles. The van der Waals surface area contributed by atoms with E-state index in [0.29, 0.717) is 17.0 Å². The van der Waals surface area contributed by atoms with Gasteiger partial charge in [-0.25, -0.2) is 8.42 Å². The summed E-state index contributed by atoms with van der Waals surface area (Å²) in [6.45, 7) is 0. The van der Waals surface area contributed by atoms with Gasteiger partial charge in [0, 0.05) is 21.9 Å². The molecule has 4 aromatic carbocycles. The molecule has 0 bridgehead atoms. The van der Waals surface area contributed by atoms with Crippen molar-refractivity contribution in [2.45, 2.75) is 10.6 Å². The number of benzene rings is 4. The third kappa shape index (κ3) is 5.78. The van der Waals surface area contributed by atoms with Crippen LogP contribution < -0.4 is 5.32 Å². The number of fused-ring (bicyclic) bond motifs is 1. The highest BCUT2D eigenvalue weighted by atomic mass is 32.2. The summed E-state index contributed by atoms with van der Waals surface area (Å²) >= 11 is 1.49. The SMILES string of the molecule is O=C(Nc1ccc(SCCS(=O)(=O)Cc2ccccc2)cc1)c1cccc2ccccc12. The topological polar surface area (TPSA) is 63.2 Å². The van der Waals surface area contributed by atoms with E-state index >= 15 is 0 Å². The molecule has 0 aliphatic rings. The highest BCUT2D eigenvalue weighted by molar-refractivity contribution is 8.00. The molecule has 0 spiro atoms. The molecule has 162 valence electrons. The van der Waals surface area contributed by atoms with Crippen molar-refractivity contribution in [3.05, 3.63) is 108 Å². The van der Waals surface area contributed by atoms with E-state index < -0.39 is 9.84 Å². The number of anilines is 1. The zero-order valence-electron chi connectivity index (χ0n) is 17.4. The van der Waals surface area contributed by atoms with Crippen molar-refractivity contribution in [3.63, 3.8) is 0 Å². The zero-order valence-corrected chi connectivity index (χ0v) is 19.0. The predicted molar refractivity (Wildman–Crippen MR) is 133 cm³/mol. The predicted octanol–water partition coefficient (Wildman–Crippen LogP) is 5.80. The Hall–Kier alpha value is -3.09. The average molecular weight is 462 g/mol. The fraction of sp³-hybridized carbons (Fsp3) is 0.115. The van der Waals surface area contributed by atoms with Crippen LogP contribution in [0, 0.1) is 0 Å². The second-order valence-electron chi connectivity index (χ2n) is 7.43. The fourth-order valence-electron chi connectivity index (χ4n) is 3.44. The van der Waals surface area contributed by atoms with Gasteiger partial charge in [-0.15, -0.1) is 11.8 Å². The lowest BCUT2D eigenvalue weighted by Crippen LogP contribution is -2.12. The number of amides is 1. The van der Waals surface area contributed by atoms with E-state index in [-0.39, 0.29) is 17.4 Å². The van der Waals surface area contributed by atoms with Crippen molar-refractivity contribution in [2.75, 3.05) is 16.8 Å². The fourth-order valence-corrected chi connectivity index (χ4v) is 6.20. The first-order valence-corrected chi connectivity index (χ1v) is 13.1. The lowest BCUT2D eigenvalue weighted by atomic mass is 10.0. The van der Waals surface area contributed by atoms with Crippen LogP contribution in [-0.2, 0) is 15.6 Å². The van der Waals surface area contributed by atoms with Crippen molar-refractivity contribution in [2.24, 2.45) is 0 Å². The quantitative estimate of drug-likeness (QED) is 0.337. The zero-order chi connectivity index (χ0) is 22.4. The molecule has 32 heavy (non-hydrogen) atoms. The standard InChI is InChI=1S/C26H23NO3S2/c28-26(25-12-6-10-21-9-4-5-11-24(21)25)27-22-13-15-23(16-14-22)31-17-18-32(29,30)19-20-7-2-1-3-8-20/h1-16H,17-19H2,(H,27,28). The highest BCUT2D eigenvalue weighted by Gasteiger charge is 2.13. The molecule has 1 N–H and O–H groups in total. The van der Waals surface area contributed by atoms with Crippen LogP contribution in [0.3, 0.4) is 0 Å². The lowest BCUT2D eigenvalue weighted by Gasteiger charge is -2.09. The molecule has 1 amide bonds. The number of carbonyl (C=O) groups excluding carboxylic acids is 1. The summed E-state index contributed by atoms with van der Waals surface area (Å²) in [4.78, 5) is 13.7. The Morgan fingerprint density at radius 3 is 2.25 bits per heavy atom. The summed E-state index contributed by atoms with van der Waals surface area (Å²) < 4.78 is 24.7. The Bertz CT molecular complexity index is 1310. The Morgan fingerprint density at radius 2 is 1.47 bits per heavy atom.